The summed E-state index contributed by atoms with van der Waals surface area (Å²) < 4.78 is 0. The SMILES string of the molecule is CCCCCc1ccc(CCC2CCC(C3CCC(CCCCC)CC3)CC2)cc1. The molecule has 0 heterocycles. The second kappa shape index (κ2) is 13.6. The van der Waals surface area contributed by atoms with Crippen LogP contribution in [-0.4, -0.2) is 0 Å². The van der Waals surface area contributed by atoms with Gasteiger partial charge in [-0.1, -0.05) is 102 Å². The molecule has 0 N–H and O–H groups in total. The summed E-state index contributed by atoms with van der Waals surface area (Å²) in [6.45, 7) is 4.62. The monoisotopic (exact) mass is 410 g/mol. The van der Waals surface area contributed by atoms with Crippen molar-refractivity contribution in [3.63, 3.8) is 0 Å². The third kappa shape index (κ3) is 8.05. The Morgan fingerprint density at radius 1 is 0.533 bits per heavy atom. The third-order valence-electron chi connectivity index (χ3n) is 8.60. The van der Waals surface area contributed by atoms with E-state index in [0.717, 1.165) is 23.7 Å². The molecule has 2 saturated carbocycles. The van der Waals surface area contributed by atoms with Crippen molar-refractivity contribution in [3.05, 3.63) is 35.4 Å². The van der Waals surface area contributed by atoms with E-state index in [1.165, 1.54) is 95.5 Å². The minimum atomic E-state index is 0.996. The first-order valence-electron chi connectivity index (χ1n) is 13.9. The predicted molar refractivity (Wildman–Crippen MR) is 133 cm³/mol. The fraction of sp³-hybridized carbons (Fsp3) is 0.800. The molecule has 0 spiro atoms. The molecule has 2 fully saturated rings. The van der Waals surface area contributed by atoms with Gasteiger partial charge in [-0.3, -0.25) is 0 Å². The smallest absolute Gasteiger partial charge is 0.0276 e. The molecule has 170 valence electrons. The topological polar surface area (TPSA) is 0 Å². The lowest BCUT2D eigenvalue weighted by Crippen LogP contribution is -2.26. The molecule has 3 rings (SSSR count). The van der Waals surface area contributed by atoms with Crippen molar-refractivity contribution in [1.29, 1.82) is 0 Å². The fourth-order valence-corrected chi connectivity index (χ4v) is 6.40. The molecule has 0 nitrogen and oxygen atoms in total. The number of unbranched alkanes of at least 4 members (excludes halogenated alkanes) is 4. The van der Waals surface area contributed by atoms with Crippen molar-refractivity contribution >= 4 is 0 Å². The maximum absolute atomic E-state index is 2.41. The van der Waals surface area contributed by atoms with Crippen LogP contribution in [0.15, 0.2) is 24.3 Å². The Labute approximate surface area is 188 Å². The molecule has 0 atom stereocenters. The van der Waals surface area contributed by atoms with E-state index in [-0.39, 0.29) is 0 Å². The summed E-state index contributed by atoms with van der Waals surface area (Å²) in [7, 11) is 0. The number of hydrogen-bond donors (Lipinski definition) is 0. The highest BCUT2D eigenvalue weighted by Gasteiger charge is 2.30. The van der Waals surface area contributed by atoms with E-state index < -0.39 is 0 Å². The second-order valence-electron chi connectivity index (χ2n) is 10.9. The standard InChI is InChI=1S/C30H50/c1-3-5-7-9-25-11-13-27(14-12-25)15-16-28-19-23-30(24-20-28)29-21-17-26(18-22-29)10-8-6-4-2/h11-14,26,28-30H,3-10,15-24H2,1-2H3. The molecule has 0 heteroatoms. The van der Waals surface area contributed by atoms with Crippen LogP contribution < -0.4 is 0 Å². The Balaban J connectivity index is 1.29. The summed E-state index contributed by atoms with van der Waals surface area (Å²) in [6.07, 6.45) is 26.1. The van der Waals surface area contributed by atoms with Gasteiger partial charge >= 0.3 is 0 Å². The minimum Gasteiger partial charge on any atom is -0.0654 e. The molecule has 1 aromatic carbocycles. The first-order chi connectivity index (χ1) is 14.8. The normalized spacial score (nSPS) is 27.3. The van der Waals surface area contributed by atoms with Crippen LogP contribution in [0.25, 0.3) is 0 Å². The van der Waals surface area contributed by atoms with Crippen LogP contribution in [0.1, 0.15) is 128 Å². The summed E-state index contributed by atoms with van der Waals surface area (Å²) in [6, 6.07) is 9.60. The van der Waals surface area contributed by atoms with E-state index >= 15 is 0 Å². The van der Waals surface area contributed by atoms with Crippen molar-refractivity contribution in [2.75, 3.05) is 0 Å². The van der Waals surface area contributed by atoms with Gasteiger partial charge in [-0.25, -0.2) is 0 Å². The first-order valence-corrected chi connectivity index (χ1v) is 13.9. The van der Waals surface area contributed by atoms with Crippen LogP contribution in [0, 0.1) is 23.7 Å². The van der Waals surface area contributed by atoms with Gasteiger partial charge in [0.05, 0.1) is 0 Å². The average molecular weight is 411 g/mol. The Bertz CT molecular complexity index is 540. The molecule has 0 unspecified atom stereocenters. The van der Waals surface area contributed by atoms with Gasteiger partial charge in [0.1, 0.15) is 0 Å². The van der Waals surface area contributed by atoms with Gasteiger partial charge < -0.3 is 0 Å². The summed E-state index contributed by atoms with van der Waals surface area (Å²) in [5, 5.41) is 0. The molecule has 30 heavy (non-hydrogen) atoms. The Hall–Kier alpha value is -0.780. The zero-order valence-corrected chi connectivity index (χ0v) is 20.3. The Morgan fingerprint density at radius 2 is 1.00 bits per heavy atom. The van der Waals surface area contributed by atoms with E-state index in [4.69, 9.17) is 0 Å². The van der Waals surface area contributed by atoms with Crippen molar-refractivity contribution in [2.45, 2.75) is 129 Å². The van der Waals surface area contributed by atoms with Gasteiger partial charge in [-0.05, 0) is 86.2 Å². The van der Waals surface area contributed by atoms with E-state index in [0.29, 0.717) is 0 Å². The highest BCUT2D eigenvalue weighted by atomic mass is 14.4. The largest absolute Gasteiger partial charge is 0.0654 e. The molecule has 0 aromatic heterocycles. The molecular weight excluding hydrogens is 360 g/mol. The maximum Gasteiger partial charge on any atom is -0.0276 e. The summed E-state index contributed by atoms with van der Waals surface area (Å²) in [5.41, 5.74) is 3.10. The third-order valence-corrected chi connectivity index (χ3v) is 8.60. The lowest BCUT2D eigenvalue weighted by atomic mass is 9.68. The second-order valence-corrected chi connectivity index (χ2v) is 10.9. The van der Waals surface area contributed by atoms with Crippen molar-refractivity contribution < 1.29 is 0 Å². The zero-order chi connectivity index (χ0) is 21.0. The van der Waals surface area contributed by atoms with Crippen LogP contribution in [0.4, 0.5) is 0 Å². The Morgan fingerprint density at radius 3 is 1.53 bits per heavy atom. The molecule has 0 radical (unpaired) electrons. The molecule has 0 bridgehead atoms. The maximum atomic E-state index is 2.41. The van der Waals surface area contributed by atoms with Gasteiger partial charge in [0, 0.05) is 0 Å². The van der Waals surface area contributed by atoms with Crippen molar-refractivity contribution in [3.8, 4) is 0 Å². The molecule has 0 aliphatic heterocycles. The van der Waals surface area contributed by atoms with Gasteiger partial charge in [0.25, 0.3) is 0 Å². The highest BCUT2D eigenvalue weighted by molar-refractivity contribution is 5.22. The number of benzene rings is 1. The van der Waals surface area contributed by atoms with Gasteiger partial charge in [-0.2, -0.15) is 0 Å². The van der Waals surface area contributed by atoms with E-state index in [9.17, 15) is 0 Å². The molecule has 0 amide bonds. The molecule has 2 aliphatic carbocycles. The van der Waals surface area contributed by atoms with E-state index in [1.54, 1.807) is 31.2 Å². The lowest BCUT2D eigenvalue weighted by molar-refractivity contribution is 0.140. The van der Waals surface area contributed by atoms with Crippen LogP contribution in [0.3, 0.4) is 0 Å². The minimum absolute atomic E-state index is 0.996. The van der Waals surface area contributed by atoms with Crippen LogP contribution in [0.5, 0.6) is 0 Å². The van der Waals surface area contributed by atoms with Gasteiger partial charge in [0.15, 0.2) is 0 Å². The fourth-order valence-electron chi connectivity index (χ4n) is 6.40. The summed E-state index contributed by atoms with van der Waals surface area (Å²) >= 11 is 0. The van der Waals surface area contributed by atoms with Crippen LogP contribution in [-0.2, 0) is 12.8 Å². The number of aryl methyl sites for hydroxylation is 2. The lowest BCUT2D eigenvalue weighted by Gasteiger charge is -2.38. The molecule has 0 saturated heterocycles. The summed E-state index contributed by atoms with van der Waals surface area (Å²) in [4.78, 5) is 0. The van der Waals surface area contributed by atoms with Crippen molar-refractivity contribution in [1.82, 2.24) is 0 Å². The molecular formula is C30H50. The van der Waals surface area contributed by atoms with Crippen LogP contribution >= 0.6 is 0 Å². The summed E-state index contributed by atoms with van der Waals surface area (Å²) in [5.74, 6) is 4.21. The van der Waals surface area contributed by atoms with Crippen molar-refractivity contribution in [2.24, 2.45) is 23.7 Å². The average Bonchev–Trinajstić information content (AvgIpc) is 2.80. The van der Waals surface area contributed by atoms with Crippen LogP contribution in [0.2, 0.25) is 0 Å². The number of hydrogen-bond acceptors (Lipinski definition) is 0. The van der Waals surface area contributed by atoms with E-state index in [2.05, 4.69) is 38.1 Å². The van der Waals surface area contributed by atoms with Gasteiger partial charge in [0.2, 0.25) is 0 Å². The number of rotatable bonds is 12. The molecule has 2 aliphatic rings. The predicted octanol–water partition coefficient (Wildman–Crippen LogP) is 9.54. The zero-order valence-electron chi connectivity index (χ0n) is 20.3. The van der Waals surface area contributed by atoms with Gasteiger partial charge in [-0.15, -0.1) is 0 Å². The first kappa shape index (κ1) is 23.9. The quantitative estimate of drug-likeness (QED) is 0.301. The Kier molecular flexibility index (Phi) is 10.8. The molecule has 1 aromatic rings. The highest BCUT2D eigenvalue weighted by Crippen LogP contribution is 2.43. The van der Waals surface area contributed by atoms with E-state index in [1.807, 2.05) is 0 Å².